The first-order chi connectivity index (χ1) is 13.2. The standard InChI is InChI=1S/C19H25N7O/c1-16-13-21-24(14-16)12-11-23-9-5-17(6-10-23)15-26-19(27)4-3-18(22-26)25-8-2-7-20-25/h2-4,7-8,13-14,17H,5-6,9-12,15H2,1H3. The number of hydrogen-bond donors (Lipinski definition) is 0. The largest absolute Gasteiger partial charge is 0.301 e. The molecule has 0 atom stereocenters. The number of rotatable bonds is 6. The second kappa shape index (κ2) is 7.87. The minimum atomic E-state index is -0.0533. The highest BCUT2D eigenvalue weighted by atomic mass is 16.1. The van der Waals surface area contributed by atoms with Gasteiger partial charge in [0.25, 0.3) is 5.56 Å². The zero-order valence-corrected chi connectivity index (χ0v) is 15.6. The molecule has 0 N–H and O–H groups in total. The molecule has 0 saturated carbocycles. The van der Waals surface area contributed by atoms with E-state index in [4.69, 9.17) is 0 Å². The van der Waals surface area contributed by atoms with Crippen molar-refractivity contribution in [1.82, 2.24) is 34.2 Å². The van der Waals surface area contributed by atoms with Crippen LogP contribution in [-0.4, -0.2) is 53.9 Å². The van der Waals surface area contributed by atoms with Crippen LogP contribution in [0.15, 0.2) is 47.8 Å². The predicted molar refractivity (Wildman–Crippen MR) is 102 cm³/mol. The van der Waals surface area contributed by atoms with E-state index in [1.54, 1.807) is 27.7 Å². The van der Waals surface area contributed by atoms with Crippen LogP contribution >= 0.6 is 0 Å². The molecule has 0 bridgehead atoms. The van der Waals surface area contributed by atoms with Gasteiger partial charge >= 0.3 is 0 Å². The van der Waals surface area contributed by atoms with Crippen LogP contribution in [0.25, 0.3) is 5.82 Å². The Labute approximate surface area is 158 Å². The quantitative estimate of drug-likeness (QED) is 0.657. The monoisotopic (exact) mass is 367 g/mol. The molecule has 4 rings (SSSR count). The molecule has 3 aromatic heterocycles. The summed E-state index contributed by atoms with van der Waals surface area (Å²) in [6.45, 7) is 6.77. The molecular formula is C19H25N7O. The molecular weight excluding hydrogens is 342 g/mol. The topological polar surface area (TPSA) is 73.8 Å². The van der Waals surface area contributed by atoms with Crippen LogP contribution in [0.4, 0.5) is 0 Å². The maximum atomic E-state index is 12.2. The summed E-state index contributed by atoms with van der Waals surface area (Å²) >= 11 is 0. The second-order valence-electron chi connectivity index (χ2n) is 7.23. The first kappa shape index (κ1) is 17.7. The van der Waals surface area contributed by atoms with E-state index in [0.717, 1.165) is 39.0 Å². The number of likely N-dealkylation sites (tertiary alicyclic amines) is 1. The Bertz CT molecular complexity index is 920. The molecule has 0 aromatic carbocycles. The molecule has 0 unspecified atom stereocenters. The fraction of sp³-hybridized carbons (Fsp3) is 0.474. The maximum Gasteiger partial charge on any atom is 0.266 e. The van der Waals surface area contributed by atoms with E-state index in [1.165, 1.54) is 5.56 Å². The molecule has 1 fully saturated rings. The van der Waals surface area contributed by atoms with E-state index in [2.05, 4.69) is 33.3 Å². The van der Waals surface area contributed by atoms with Gasteiger partial charge in [-0.05, 0) is 56.5 Å². The molecule has 8 heteroatoms. The Morgan fingerprint density at radius 2 is 2.00 bits per heavy atom. The van der Waals surface area contributed by atoms with Crippen molar-refractivity contribution in [3.05, 3.63) is 58.9 Å². The van der Waals surface area contributed by atoms with Gasteiger partial charge in [0.2, 0.25) is 0 Å². The van der Waals surface area contributed by atoms with Gasteiger partial charge in [-0.1, -0.05) is 0 Å². The second-order valence-corrected chi connectivity index (χ2v) is 7.23. The highest BCUT2D eigenvalue weighted by Crippen LogP contribution is 2.18. The van der Waals surface area contributed by atoms with Gasteiger partial charge in [-0.2, -0.15) is 10.2 Å². The maximum absolute atomic E-state index is 12.2. The summed E-state index contributed by atoms with van der Waals surface area (Å²) in [4.78, 5) is 14.7. The molecule has 0 amide bonds. The smallest absolute Gasteiger partial charge is 0.266 e. The van der Waals surface area contributed by atoms with Gasteiger partial charge in [0.1, 0.15) is 0 Å². The fourth-order valence-corrected chi connectivity index (χ4v) is 3.57. The van der Waals surface area contributed by atoms with Crippen LogP contribution in [0, 0.1) is 12.8 Å². The highest BCUT2D eigenvalue weighted by molar-refractivity contribution is 5.17. The summed E-state index contributed by atoms with van der Waals surface area (Å²) in [5, 5.41) is 13.0. The van der Waals surface area contributed by atoms with E-state index in [0.29, 0.717) is 18.3 Å². The zero-order valence-electron chi connectivity index (χ0n) is 15.6. The molecule has 1 aliphatic heterocycles. The van der Waals surface area contributed by atoms with Gasteiger partial charge in [0.15, 0.2) is 5.82 Å². The van der Waals surface area contributed by atoms with Gasteiger partial charge in [0, 0.05) is 37.7 Å². The van der Waals surface area contributed by atoms with Crippen molar-refractivity contribution in [3.8, 4) is 5.82 Å². The van der Waals surface area contributed by atoms with Crippen molar-refractivity contribution >= 4 is 0 Å². The Kier molecular flexibility index (Phi) is 5.15. The average molecular weight is 367 g/mol. The molecule has 3 aromatic rings. The summed E-state index contributed by atoms with van der Waals surface area (Å²) in [5.74, 6) is 1.15. The summed E-state index contributed by atoms with van der Waals surface area (Å²) in [6.07, 6.45) is 9.68. The number of hydrogen-bond acceptors (Lipinski definition) is 5. The Morgan fingerprint density at radius 1 is 1.15 bits per heavy atom. The number of piperidine rings is 1. The Hall–Kier alpha value is -2.74. The minimum Gasteiger partial charge on any atom is -0.301 e. The molecule has 1 aliphatic rings. The third-order valence-electron chi connectivity index (χ3n) is 5.14. The SMILES string of the molecule is Cc1cnn(CCN2CCC(Cn3nc(-n4cccn4)ccc3=O)CC2)c1. The average Bonchev–Trinajstić information content (AvgIpc) is 3.35. The highest BCUT2D eigenvalue weighted by Gasteiger charge is 2.20. The molecule has 142 valence electrons. The van der Waals surface area contributed by atoms with E-state index in [-0.39, 0.29) is 5.56 Å². The van der Waals surface area contributed by atoms with E-state index < -0.39 is 0 Å². The summed E-state index contributed by atoms with van der Waals surface area (Å²) in [6, 6.07) is 5.13. The fourth-order valence-electron chi connectivity index (χ4n) is 3.57. The van der Waals surface area contributed by atoms with Crippen LogP contribution in [-0.2, 0) is 13.1 Å². The predicted octanol–water partition coefficient (Wildman–Crippen LogP) is 1.35. The van der Waals surface area contributed by atoms with Gasteiger partial charge < -0.3 is 4.90 Å². The van der Waals surface area contributed by atoms with E-state index in [1.807, 2.05) is 23.1 Å². The lowest BCUT2D eigenvalue weighted by Gasteiger charge is -2.31. The van der Waals surface area contributed by atoms with Crippen molar-refractivity contribution in [2.75, 3.05) is 19.6 Å². The molecule has 8 nitrogen and oxygen atoms in total. The summed E-state index contributed by atoms with van der Waals surface area (Å²) in [7, 11) is 0. The normalized spacial score (nSPS) is 16.0. The first-order valence-electron chi connectivity index (χ1n) is 9.47. The zero-order chi connectivity index (χ0) is 18.6. The van der Waals surface area contributed by atoms with Crippen LogP contribution in [0.2, 0.25) is 0 Å². The van der Waals surface area contributed by atoms with Gasteiger partial charge in [-0.15, -0.1) is 5.10 Å². The van der Waals surface area contributed by atoms with Crippen molar-refractivity contribution in [1.29, 1.82) is 0 Å². The lowest BCUT2D eigenvalue weighted by Crippen LogP contribution is -2.38. The molecule has 0 spiro atoms. The van der Waals surface area contributed by atoms with E-state index >= 15 is 0 Å². The van der Waals surface area contributed by atoms with Gasteiger partial charge in [-0.3, -0.25) is 9.48 Å². The number of nitrogens with zero attached hydrogens (tertiary/aromatic N) is 7. The van der Waals surface area contributed by atoms with Crippen LogP contribution < -0.4 is 5.56 Å². The Morgan fingerprint density at radius 3 is 2.70 bits per heavy atom. The number of aromatic nitrogens is 6. The van der Waals surface area contributed by atoms with Crippen molar-refractivity contribution in [2.45, 2.75) is 32.9 Å². The lowest BCUT2D eigenvalue weighted by atomic mass is 9.97. The van der Waals surface area contributed by atoms with Crippen molar-refractivity contribution in [3.63, 3.8) is 0 Å². The minimum absolute atomic E-state index is 0.0533. The van der Waals surface area contributed by atoms with Crippen molar-refractivity contribution < 1.29 is 0 Å². The van der Waals surface area contributed by atoms with Gasteiger partial charge in [0.05, 0.1) is 12.7 Å². The van der Waals surface area contributed by atoms with Gasteiger partial charge in [-0.25, -0.2) is 9.36 Å². The third-order valence-corrected chi connectivity index (χ3v) is 5.14. The lowest BCUT2D eigenvalue weighted by molar-refractivity contribution is 0.163. The van der Waals surface area contributed by atoms with Crippen molar-refractivity contribution in [2.24, 2.45) is 5.92 Å². The summed E-state index contributed by atoms with van der Waals surface area (Å²) < 4.78 is 5.27. The third kappa shape index (κ3) is 4.33. The Balaban J connectivity index is 1.31. The van der Waals surface area contributed by atoms with Crippen LogP contribution in [0.5, 0.6) is 0 Å². The van der Waals surface area contributed by atoms with Crippen LogP contribution in [0.1, 0.15) is 18.4 Å². The van der Waals surface area contributed by atoms with E-state index in [9.17, 15) is 4.79 Å². The first-order valence-corrected chi connectivity index (χ1v) is 9.47. The summed E-state index contributed by atoms with van der Waals surface area (Å²) in [5.41, 5.74) is 1.14. The molecule has 0 radical (unpaired) electrons. The van der Waals surface area contributed by atoms with Crippen LogP contribution in [0.3, 0.4) is 0 Å². The molecule has 1 saturated heterocycles. The molecule has 27 heavy (non-hydrogen) atoms. The number of aryl methyl sites for hydroxylation is 1. The molecule has 0 aliphatic carbocycles. The molecule has 4 heterocycles.